The van der Waals surface area contributed by atoms with Crippen molar-refractivity contribution in [3.05, 3.63) is 83.9 Å². The van der Waals surface area contributed by atoms with Gasteiger partial charge >= 0.3 is 0 Å². The van der Waals surface area contributed by atoms with E-state index in [0.717, 1.165) is 53.1 Å². The molecule has 6 nitrogen and oxygen atoms in total. The summed E-state index contributed by atoms with van der Waals surface area (Å²) in [5.74, 6) is -0.598. The van der Waals surface area contributed by atoms with Crippen LogP contribution in [0, 0.1) is 17.1 Å². The van der Waals surface area contributed by atoms with Crippen LogP contribution in [0.5, 0.6) is 0 Å². The highest BCUT2D eigenvalue weighted by Gasteiger charge is 2.42. The zero-order valence-electron chi connectivity index (χ0n) is 19.6. The van der Waals surface area contributed by atoms with Gasteiger partial charge in [0.05, 0.1) is 18.0 Å². The predicted octanol–water partition coefficient (Wildman–Crippen LogP) is 5.07. The summed E-state index contributed by atoms with van der Waals surface area (Å²) >= 11 is 0. The number of rotatable bonds is 3. The Bertz CT molecular complexity index is 1530. The van der Waals surface area contributed by atoms with Crippen molar-refractivity contribution >= 4 is 16.7 Å². The third kappa shape index (κ3) is 3.80. The molecule has 0 saturated carbocycles. The normalized spacial score (nSPS) is 20.9. The topological polar surface area (TPSA) is 95.9 Å². The van der Waals surface area contributed by atoms with Crippen LogP contribution >= 0.6 is 0 Å². The van der Waals surface area contributed by atoms with E-state index in [4.69, 9.17) is 5.73 Å². The summed E-state index contributed by atoms with van der Waals surface area (Å²) in [6, 6.07) is 18.5. The van der Waals surface area contributed by atoms with E-state index >= 15 is 0 Å². The van der Waals surface area contributed by atoms with Gasteiger partial charge in [-0.25, -0.2) is 4.39 Å². The van der Waals surface area contributed by atoms with E-state index in [-0.39, 0.29) is 29.6 Å². The Morgan fingerprint density at radius 3 is 2.33 bits per heavy atom. The van der Waals surface area contributed by atoms with Crippen molar-refractivity contribution in [2.24, 2.45) is 5.73 Å². The number of amides is 1. The van der Waals surface area contributed by atoms with Crippen LogP contribution in [0.2, 0.25) is 0 Å². The van der Waals surface area contributed by atoms with Gasteiger partial charge in [0.1, 0.15) is 11.9 Å². The number of carbonyl (C=O) groups excluding carboxylic acids is 1. The van der Waals surface area contributed by atoms with Gasteiger partial charge in [0.2, 0.25) is 0 Å². The molecule has 0 radical (unpaired) electrons. The number of hydrogen-bond acceptors (Lipinski definition) is 5. The van der Waals surface area contributed by atoms with Gasteiger partial charge in [-0.2, -0.15) is 15.5 Å². The van der Waals surface area contributed by atoms with Gasteiger partial charge in [-0.15, -0.1) is 0 Å². The molecule has 178 valence electrons. The largest absolute Gasteiger partial charge is 0.333 e. The zero-order valence-corrected chi connectivity index (χ0v) is 19.6. The molecule has 2 bridgehead atoms. The van der Waals surface area contributed by atoms with E-state index in [1.54, 1.807) is 18.5 Å². The van der Waals surface area contributed by atoms with Crippen molar-refractivity contribution in [1.29, 1.82) is 5.26 Å². The molecule has 36 heavy (non-hydrogen) atoms. The van der Waals surface area contributed by atoms with Gasteiger partial charge in [0.25, 0.3) is 5.91 Å². The Hall–Kier alpha value is -4.15. The van der Waals surface area contributed by atoms with Crippen molar-refractivity contribution in [2.45, 2.75) is 43.8 Å². The predicted molar refractivity (Wildman–Crippen MR) is 135 cm³/mol. The molecule has 0 aliphatic carbocycles. The fourth-order valence-electron chi connectivity index (χ4n) is 5.80. The smallest absolute Gasteiger partial charge is 0.254 e. The average molecular weight is 478 g/mol. The van der Waals surface area contributed by atoms with Gasteiger partial charge in [-0.3, -0.25) is 4.79 Å². The summed E-state index contributed by atoms with van der Waals surface area (Å²) in [7, 11) is 0. The number of piperidine rings is 1. The van der Waals surface area contributed by atoms with E-state index < -0.39 is 5.82 Å². The maximum atomic E-state index is 14.7. The summed E-state index contributed by atoms with van der Waals surface area (Å²) < 4.78 is 14.7. The number of nitriles is 1. The number of halogens is 1. The highest BCUT2D eigenvalue weighted by Crippen LogP contribution is 2.39. The molecule has 7 heteroatoms. The SMILES string of the molecule is N#Cc1ccc(-c2cc(C(=O)N3[C@@H]4CC[C@H]3C[C@@H](N)C4)ccc2-c2ccc3cnncc3c2)cc1F. The standard InChI is InChI=1S/C29H24FN5O/c30-28-11-18(1-3-20(28)14-31)27-10-19(29(36)35-24-6-7-25(35)13-23(32)12-24)5-8-26(27)17-2-4-21-15-33-34-16-22(21)9-17/h1-5,8-11,15-16,23-25H,6-7,12-13,32H2/t23-,24+,25-. The molecule has 3 heterocycles. The summed E-state index contributed by atoms with van der Waals surface area (Å²) in [5.41, 5.74) is 9.87. The third-order valence-electron chi connectivity index (χ3n) is 7.53. The lowest BCUT2D eigenvalue weighted by Crippen LogP contribution is -2.50. The van der Waals surface area contributed by atoms with Crippen LogP contribution in [0.15, 0.2) is 67.0 Å². The summed E-state index contributed by atoms with van der Waals surface area (Å²) in [5, 5.41) is 19.0. The maximum absolute atomic E-state index is 14.7. The molecular formula is C29H24FN5O. The minimum atomic E-state index is -0.588. The Morgan fingerprint density at radius 2 is 1.61 bits per heavy atom. The van der Waals surface area contributed by atoms with Crippen molar-refractivity contribution in [2.75, 3.05) is 0 Å². The maximum Gasteiger partial charge on any atom is 0.254 e. The van der Waals surface area contributed by atoms with Crippen LogP contribution < -0.4 is 5.73 Å². The van der Waals surface area contributed by atoms with Gasteiger partial charge in [-0.1, -0.05) is 24.3 Å². The Morgan fingerprint density at radius 1 is 0.917 bits per heavy atom. The van der Waals surface area contributed by atoms with Crippen molar-refractivity contribution in [1.82, 2.24) is 15.1 Å². The number of hydrogen-bond donors (Lipinski definition) is 1. The van der Waals surface area contributed by atoms with E-state index in [9.17, 15) is 14.4 Å². The molecule has 2 aliphatic rings. The molecule has 2 N–H and O–H groups in total. The van der Waals surface area contributed by atoms with E-state index in [1.165, 1.54) is 12.1 Å². The zero-order chi connectivity index (χ0) is 24.8. The lowest BCUT2D eigenvalue weighted by atomic mass is 9.90. The average Bonchev–Trinajstić information content (AvgIpc) is 3.18. The molecule has 2 saturated heterocycles. The van der Waals surface area contributed by atoms with Crippen molar-refractivity contribution in [3.63, 3.8) is 0 Å². The van der Waals surface area contributed by atoms with Crippen LogP contribution in [0.4, 0.5) is 4.39 Å². The lowest BCUT2D eigenvalue weighted by Gasteiger charge is -2.38. The number of nitrogens with two attached hydrogens (primary N) is 1. The first-order valence-electron chi connectivity index (χ1n) is 12.1. The van der Waals surface area contributed by atoms with Gasteiger partial charge in [0, 0.05) is 34.5 Å². The summed E-state index contributed by atoms with van der Waals surface area (Å²) in [6.07, 6.45) is 7.03. The van der Waals surface area contributed by atoms with Crippen LogP contribution in [0.3, 0.4) is 0 Å². The molecule has 2 fully saturated rings. The second-order valence-electron chi connectivity index (χ2n) is 9.73. The Balaban J connectivity index is 1.47. The van der Waals surface area contributed by atoms with Gasteiger partial charge in [-0.05, 0) is 78.3 Å². The molecule has 3 atom stereocenters. The number of carbonyl (C=O) groups is 1. The third-order valence-corrected chi connectivity index (χ3v) is 7.53. The summed E-state index contributed by atoms with van der Waals surface area (Å²) in [6.45, 7) is 0. The van der Waals surface area contributed by atoms with Gasteiger partial charge in [0.15, 0.2) is 0 Å². The van der Waals surface area contributed by atoms with Gasteiger partial charge < -0.3 is 10.6 Å². The second kappa shape index (κ2) is 8.81. The molecule has 0 spiro atoms. The molecule has 4 aromatic rings. The minimum Gasteiger partial charge on any atom is -0.333 e. The molecule has 2 aliphatic heterocycles. The lowest BCUT2D eigenvalue weighted by molar-refractivity contribution is 0.0575. The number of benzene rings is 3. The fourth-order valence-corrected chi connectivity index (χ4v) is 5.80. The molecule has 1 amide bonds. The monoisotopic (exact) mass is 477 g/mol. The highest BCUT2D eigenvalue weighted by atomic mass is 19.1. The number of nitrogens with zero attached hydrogens (tertiary/aromatic N) is 4. The minimum absolute atomic E-state index is 0.00916. The van der Waals surface area contributed by atoms with Crippen LogP contribution in [0.25, 0.3) is 33.0 Å². The second-order valence-corrected chi connectivity index (χ2v) is 9.73. The molecule has 0 unspecified atom stereocenters. The van der Waals surface area contributed by atoms with Crippen molar-refractivity contribution in [3.8, 4) is 28.3 Å². The molecule has 1 aromatic heterocycles. The van der Waals surface area contributed by atoms with Crippen LogP contribution in [-0.2, 0) is 0 Å². The van der Waals surface area contributed by atoms with E-state index in [0.29, 0.717) is 11.1 Å². The number of aromatic nitrogens is 2. The Labute approximate surface area is 208 Å². The summed E-state index contributed by atoms with van der Waals surface area (Å²) in [4.78, 5) is 15.7. The first kappa shape index (κ1) is 22.3. The van der Waals surface area contributed by atoms with E-state index in [2.05, 4.69) is 10.2 Å². The van der Waals surface area contributed by atoms with Crippen LogP contribution in [0.1, 0.15) is 41.6 Å². The highest BCUT2D eigenvalue weighted by molar-refractivity contribution is 5.99. The molecule has 3 aromatic carbocycles. The quantitative estimate of drug-likeness (QED) is 0.445. The van der Waals surface area contributed by atoms with Crippen LogP contribution in [-0.4, -0.2) is 39.1 Å². The fraction of sp³-hybridized carbons (Fsp3) is 0.241. The first-order valence-corrected chi connectivity index (χ1v) is 12.1. The Kier molecular flexibility index (Phi) is 5.46. The first-order chi connectivity index (χ1) is 17.5. The molecular weight excluding hydrogens is 453 g/mol. The number of fused-ring (bicyclic) bond motifs is 3. The molecule has 6 rings (SSSR count). The van der Waals surface area contributed by atoms with Crippen molar-refractivity contribution < 1.29 is 9.18 Å². The van der Waals surface area contributed by atoms with E-state index in [1.807, 2.05) is 47.4 Å².